The maximum atomic E-state index is 13.1. The van der Waals surface area contributed by atoms with E-state index in [1.54, 1.807) is 0 Å². The molecule has 77 heavy (non-hydrogen) atoms. The summed E-state index contributed by atoms with van der Waals surface area (Å²) < 4.78 is 28.3. The van der Waals surface area contributed by atoms with Gasteiger partial charge < -0.3 is 39.0 Å². The number of rotatable bonds is 47. The summed E-state index contributed by atoms with van der Waals surface area (Å²) in [6.07, 6.45) is 60.0. The summed E-state index contributed by atoms with van der Waals surface area (Å²) in [5.74, 6) is -3.30. The first kappa shape index (κ1) is 69.9. The lowest BCUT2D eigenvalue weighted by Gasteiger charge is -2.40. The second kappa shape index (κ2) is 51.6. The van der Waals surface area contributed by atoms with Gasteiger partial charge in [-0.15, -0.1) is 0 Å². The molecule has 432 valence electrons. The molecule has 0 radical (unpaired) electrons. The van der Waals surface area contributed by atoms with Gasteiger partial charge in [-0.25, -0.2) is 4.79 Å². The van der Waals surface area contributed by atoms with Crippen LogP contribution in [0, 0.1) is 0 Å². The standard InChI is InChI=1S/C65H100O12/c1-4-7-10-13-16-19-22-25-27-28-29-30-32-34-36-39-42-45-48-51-57(66)73-54-56(75-58(67)52-49-46-43-40-37-33-24-21-18-15-12-9-6-3)55-74-65-63(61(70)60(69)62(77-65)64(71)72)76-59(68)53-50-47-44-41-38-35-31-26-23-20-17-14-11-8-5-2/h7-8,10-12,15-17,19-21,24-27,29-31,34,36,42,45,56,60-63,65,69-70H,4-6,9,13-14,18,22-23,28,32-33,35,37-41,43-44,46-55H2,1-3H3,(H,71,72)/b10-7-,11-8-,15-12-,19-16-,20-17-,24-21-,27-25-,30-29-,31-26-,36-34-,45-42-. The number of carboxylic acid groups (broad SMARTS) is 1. The lowest BCUT2D eigenvalue weighted by molar-refractivity contribution is -0.301. The fraction of sp³-hybridized carbons (Fsp3) is 0.600. The highest BCUT2D eigenvalue weighted by atomic mass is 16.7. The van der Waals surface area contributed by atoms with Crippen molar-refractivity contribution in [1.82, 2.24) is 0 Å². The molecule has 0 saturated carbocycles. The van der Waals surface area contributed by atoms with Crippen LogP contribution < -0.4 is 0 Å². The van der Waals surface area contributed by atoms with Crippen molar-refractivity contribution < 1.29 is 58.2 Å². The maximum absolute atomic E-state index is 13.1. The molecule has 12 nitrogen and oxygen atoms in total. The van der Waals surface area contributed by atoms with Gasteiger partial charge in [-0.05, 0) is 116 Å². The Morgan fingerprint density at radius 2 is 0.844 bits per heavy atom. The normalized spacial score (nSPS) is 19.0. The zero-order valence-electron chi connectivity index (χ0n) is 47.4. The third kappa shape index (κ3) is 41.6. The quantitative estimate of drug-likeness (QED) is 0.0228. The topological polar surface area (TPSA) is 175 Å². The summed E-state index contributed by atoms with van der Waals surface area (Å²) in [7, 11) is 0. The van der Waals surface area contributed by atoms with Crippen LogP contribution in [0.2, 0.25) is 0 Å². The van der Waals surface area contributed by atoms with E-state index >= 15 is 0 Å². The van der Waals surface area contributed by atoms with Crippen LogP contribution in [0.25, 0.3) is 0 Å². The van der Waals surface area contributed by atoms with E-state index in [9.17, 15) is 34.5 Å². The highest BCUT2D eigenvalue weighted by Gasteiger charge is 2.50. The number of aliphatic hydroxyl groups is 2. The Morgan fingerprint density at radius 1 is 0.442 bits per heavy atom. The highest BCUT2D eigenvalue weighted by Crippen LogP contribution is 2.26. The number of carbonyl (C=O) groups excluding carboxylic acids is 3. The van der Waals surface area contributed by atoms with E-state index in [0.29, 0.717) is 19.3 Å². The molecule has 3 N–H and O–H groups in total. The lowest BCUT2D eigenvalue weighted by atomic mass is 9.98. The van der Waals surface area contributed by atoms with Gasteiger partial charge in [-0.2, -0.15) is 0 Å². The van der Waals surface area contributed by atoms with Crippen LogP contribution in [0.5, 0.6) is 0 Å². The molecule has 0 aliphatic carbocycles. The lowest BCUT2D eigenvalue weighted by Crippen LogP contribution is -2.61. The summed E-state index contributed by atoms with van der Waals surface area (Å²) in [5.41, 5.74) is 0. The molecule has 1 fully saturated rings. The molecule has 0 spiro atoms. The van der Waals surface area contributed by atoms with Crippen LogP contribution in [0.15, 0.2) is 134 Å². The first-order valence-corrected chi connectivity index (χ1v) is 29.2. The average molecular weight is 1070 g/mol. The van der Waals surface area contributed by atoms with Crippen LogP contribution in [0.1, 0.15) is 201 Å². The van der Waals surface area contributed by atoms with Gasteiger partial charge in [0, 0.05) is 19.3 Å². The SMILES string of the molecule is CC/C=C\C/C=C\C/C=C\C/C=C\C/C=C\C/C=C\CCC(=O)OCC(COC1OC(C(=O)O)C(O)C(O)C1OC(=O)CCCCCCC/C=C\C/C=C\C/C=C\CC)OC(=O)CCCCCCC/C=C\C/C=C\CCC. The van der Waals surface area contributed by atoms with Crippen LogP contribution in [-0.2, 0) is 42.9 Å². The second-order valence-electron chi connectivity index (χ2n) is 19.2. The van der Waals surface area contributed by atoms with Crippen molar-refractivity contribution in [3.8, 4) is 0 Å². The number of carboxylic acids is 1. The van der Waals surface area contributed by atoms with Crippen molar-refractivity contribution in [2.24, 2.45) is 0 Å². The first-order chi connectivity index (χ1) is 37.6. The zero-order valence-corrected chi connectivity index (χ0v) is 47.4. The van der Waals surface area contributed by atoms with E-state index in [4.69, 9.17) is 23.7 Å². The summed E-state index contributed by atoms with van der Waals surface area (Å²) in [5, 5.41) is 31.5. The Bertz CT molecular complexity index is 1850. The minimum absolute atomic E-state index is 0.0247. The molecule has 0 bridgehead atoms. The van der Waals surface area contributed by atoms with E-state index in [1.807, 2.05) is 12.2 Å². The summed E-state index contributed by atoms with van der Waals surface area (Å²) in [6.45, 7) is 5.59. The average Bonchev–Trinajstić information content (AvgIpc) is 3.42. The Balaban J connectivity index is 2.76. The number of aliphatic carboxylic acids is 1. The fourth-order valence-electron chi connectivity index (χ4n) is 7.80. The number of ether oxygens (including phenoxy) is 5. The Labute approximate surface area is 464 Å². The molecule has 1 saturated heterocycles. The molecule has 1 aliphatic rings. The molecule has 12 heteroatoms. The van der Waals surface area contributed by atoms with Crippen molar-refractivity contribution in [2.75, 3.05) is 13.2 Å². The van der Waals surface area contributed by atoms with Crippen LogP contribution in [0.3, 0.4) is 0 Å². The zero-order chi connectivity index (χ0) is 56.1. The van der Waals surface area contributed by atoms with Gasteiger partial charge in [0.1, 0.15) is 18.8 Å². The van der Waals surface area contributed by atoms with Gasteiger partial charge >= 0.3 is 23.9 Å². The monoisotopic (exact) mass is 1070 g/mol. The summed E-state index contributed by atoms with van der Waals surface area (Å²) in [4.78, 5) is 51.1. The number of unbranched alkanes of at least 4 members (excludes halogenated alkanes) is 11. The van der Waals surface area contributed by atoms with E-state index in [1.165, 1.54) is 0 Å². The molecule has 0 amide bonds. The molecular weight excluding hydrogens is 973 g/mol. The van der Waals surface area contributed by atoms with Gasteiger partial charge in [0.25, 0.3) is 0 Å². The molecule has 1 aliphatic heterocycles. The van der Waals surface area contributed by atoms with Crippen LogP contribution in [0.4, 0.5) is 0 Å². The highest BCUT2D eigenvalue weighted by molar-refractivity contribution is 5.74. The van der Waals surface area contributed by atoms with Crippen molar-refractivity contribution >= 4 is 23.9 Å². The van der Waals surface area contributed by atoms with Gasteiger partial charge in [-0.1, -0.05) is 199 Å². The van der Waals surface area contributed by atoms with Gasteiger partial charge in [0.05, 0.1) is 6.61 Å². The Kier molecular flexibility index (Phi) is 46.8. The van der Waals surface area contributed by atoms with Gasteiger partial charge in [0.2, 0.25) is 0 Å². The van der Waals surface area contributed by atoms with Crippen LogP contribution >= 0.6 is 0 Å². The molecule has 6 atom stereocenters. The van der Waals surface area contributed by atoms with E-state index in [0.717, 1.165) is 141 Å². The fourth-order valence-corrected chi connectivity index (χ4v) is 7.80. The van der Waals surface area contributed by atoms with E-state index in [2.05, 4.69) is 142 Å². The molecule has 0 aromatic heterocycles. The molecular formula is C65H100O12. The molecule has 1 rings (SSSR count). The third-order valence-corrected chi connectivity index (χ3v) is 12.2. The van der Waals surface area contributed by atoms with E-state index < -0.39 is 67.3 Å². The second-order valence-corrected chi connectivity index (χ2v) is 19.2. The number of hydrogen-bond donors (Lipinski definition) is 3. The molecule has 0 aromatic carbocycles. The van der Waals surface area contributed by atoms with Crippen molar-refractivity contribution in [2.45, 2.75) is 237 Å². The predicted molar refractivity (Wildman–Crippen MR) is 312 cm³/mol. The predicted octanol–water partition coefficient (Wildman–Crippen LogP) is 15.0. The van der Waals surface area contributed by atoms with Crippen molar-refractivity contribution in [3.05, 3.63) is 134 Å². The van der Waals surface area contributed by atoms with E-state index in [-0.39, 0.29) is 25.9 Å². The van der Waals surface area contributed by atoms with Crippen LogP contribution in [-0.4, -0.2) is 89.2 Å². The van der Waals surface area contributed by atoms with Gasteiger partial charge in [-0.3, -0.25) is 14.4 Å². The number of esters is 3. The molecule has 0 aromatic rings. The van der Waals surface area contributed by atoms with Crippen molar-refractivity contribution in [3.63, 3.8) is 0 Å². The Morgan fingerprint density at radius 3 is 1.30 bits per heavy atom. The molecule has 1 heterocycles. The summed E-state index contributed by atoms with van der Waals surface area (Å²) in [6, 6.07) is 0. The molecule has 6 unspecified atom stereocenters. The minimum Gasteiger partial charge on any atom is -0.479 e. The Hall–Kier alpha value is -5.14. The number of aliphatic hydroxyl groups excluding tert-OH is 2. The maximum Gasteiger partial charge on any atom is 0.335 e. The van der Waals surface area contributed by atoms with Crippen molar-refractivity contribution in [1.29, 1.82) is 0 Å². The summed E-state index contributed by atoms with van der Waals surface area (Å²) >= 11 is 0. The number of carbonyl (C=O) groups is 4. The largest absolute Gasteiger partial charge is 0.479 e. The first-order valence-electron chi connectivity index (χ1n) is 29.2. The minimum atomic E-state index is -1.93. The number of hydrogen-bond acceptors (Lipinski definition) is 11. The number of allylic oxidation sites excluding steroid dienone is 22. The van der Waals surface area contributed by atoms with Gasteiger partial charge in [0.15, 0.2) is 24.6 Å². The third-order valence-electron chi connectivity index (χ3n) is 12.2. The smallest absolute Gasteiger partial charge is 0.335 e.